The quantitative estimate of drug-likeness (QED) is 0.727. The van der Waals surface area contributed by atoms with Crippen molar-refractivity contribution in [3.63, 3.8) is 0 Å². The number of ketones is 1. The fourth-order valence-electron chi connectivity index (χ4n) is 3.76. The van der Waals surface area contributed by atoms with Gasteiger partial charge in [-0.1, -0.05) is 18.2 Å². The summed E-state index contributed by atoms with van der Waals surface area (Å²) >= 11 is 0. The highest BCUT2D eigenvalue weighted by molar-refractivity contribution is 6.40. The van der Waals surface area contributed by atoms with Gasteiger partial charge in [0.15, 0.2) is 0 Å². The summed E-state index contributed by atoms with van der Waals surface area (Å²) in [6.45, 7) is 3.32. The number of carbonyl (C=O) groups is 2. The number of aromatic nitrogens is 3. The number of H-pyrrole nitrogens is 1. The highest BCUT2D eigenvalue weighted by atomic mass is 16.2. The number of benzene rings is 1. The van der Waals surface area contributed by atoms with E-state index in [4.69, 9.17) is 0 Å². The van der Waals surface area contributed by atoms with Crippen LogP contribution in [0.2, 0.25) is 0 Å². The van der Waals surface area contributed by atoms with Crippen molar-refractivity contribution < 1.29 is 9.59 Å². The maximum atomic E-state index is 12.6. The lowest BCUT2D eigenvalue weighted by molar-refractivity contribution is -0.140. The van der Waals surface area contributed by atoms with Crippen molar-refractivity contribution in [1.82, 2.24) is 19.4 Å². The summed E-state index contributed by atoms with van der Waals surface area (Å²) in [4.78, 5) is 34.1. The molecule has 0 bridgehead atoms. The molecule has 4 rings (SSSR count). The van der Waals surface area contributed by atoms with Crippen molar-refractivity contribution in [1.29, 1.82) is 0 Å². The molecule has 2 atom stereocenters. The number of rotatable bonds is 5. The van der Waals surface area contributed by atoms with Gasteiger partial charge in [0.2, 0.25) is 5.78 Å². The molecule has 1 amide bonds. The second-order valence-electron chi connectivity index (χ2n) is 6.52. The van der Waals surface area contributed by atoms with E-state index in [1.165, 1.54) is 0 Å². The van der Waals surface area contributed by atoms with Crippen molar-refractivity contribution in [2.75, 3.05) is 6.54 Å². The van der Waals surface area contributed by atoms with E-state index < -0.39 is 5.92 Å². The molecule has 0 aliphatic carbocycles. The second kappa shape index (κ2) is 6.20. The molecular formula is C19H20N4O2. The van der Waals surface area contributed by atoms with Crippen molar-refractivity contribution in [3.05, 3.63) is 54.7 Å². The van der Waals surface area contributed by atoms with E-state index >= 15 is 0 Å². The normalized spacial score (nSPS) is 20.8. The van der Waals surface area contributed by atoms with Crippen LogP contribution in [0.5, 0.6) is 0 Å². The number of aromatic amines is 1. The van der Waals surface area contributed by atoms with Crippen LogP contribution in [0.25, 0.3) is 10.9 Å². The third kappa shape index (κ3) is 2.63. The van der Waals surface area contributed by atoms with Gasteiger partial charge in [-0.3, -0.25) is 9.59 Å². The highest BCUT2D eigenvalue weighted by Gasteiger charge is 2.46. The third-order valence-electron chi connectivity index (χ3n) is 5.06. The molecular weight excluding hydrogens is 316 g/mol. The van der Waals surface area contributed by atoms with Crippen LogP contribution in [0.3, 0.4) is 0 Å². The Hall–Kier alpha value is -2.89. The Kier molecular flexibility index (Phi) is 3.87. The van der Waals surface area contributed by atoms with Crippen LogP contribution in [0.4, 0.5) is 0 Å². The molecule has 1 fully saturated rings. The van der Waals surface area contributed by atoms with Crippen LogP contribution in [-0.2, 0) is 16.1 Å². The number of aryl methyl sites for hydroxylation is 1. The summed E-state index contributed by atoms with van der Waals surface area (Å²) in [6, 6.07) is 7.74. The van der Waals surface area contributed by atoms with Crippen molar-refractivity contribution in [2.45, 2.75) is 31.8 Å². The molecule has 3 heterocycles. The molecule has 1 N–H and O–H groups in total. The summed E-state index contributed by atoms with van der Waals surface area (Å²) in [6.07, 6.45) is 8.05. The Balaban J connectivity index is 1.54. The smallest absolute Gasteiger partial charge is 0.290 e. The number of Topliss-reactive ketones (excluding diaryl/α,β-unsaturated/α-hetero) is 1. The summed E-state index contributed by atoms with van der Waals surface area (Å²) in [5.41, 5.74) is 1.90. The Morgan fingerprint density at radius 3 is 2.84 bits per heavy atom. The van der Waals surface area contributed by atoms with Gasteiger partial charge in [-0.25, -0.2) is 4.98 Å². The number of hydrogen-bond acceptors (Lipinski definition) is 3. The van der Waals surface area contributed by atoms with Crippen LogP contribution >= 0.6 is 0 Å². The Labute approximate surface area is 145 Å². The van der Waals surface area contributed by atoms with Crippen LogP contribution in [0.1, 0.15) is 24.8 Å². The van der Waals surface area contributed by atoms with Crippen LogP contribution in [0.15, 0.2) is 49.2 Å². The van der Waals surface area contributed by atoms with Gasteiger partial charge < -0.3 is 14.5 Å². The van der Waals surface area contributed by atoms with E-state index in [2.05, 4.69) is 9.97 Å². The van der Waals surface area contributed by atoms with Crippen LogP contribution < -0.4 is 0 Å². The maximum absolute atomic E-state index is 12.6. The summed E-state index contributed by atoms with van der Waals surface area (Å²) in [5, 5.41) is 1.01. The number of amides is 1. The van der Waals surface area contributed by atoms with E-state index in [0.29, 0.717) is 6.54 Å². The minimum atomic E-state index is -0.406. The lowest BCUT2D eigenvalue weighted by Gasteiger charge is -2.23. The molecule has 2 aromatic heterocycles. The highest BCUT2D eigenvalue weighted by Crippen LogP contribution is 2.35. The maximum Gasteiger partial charge on any atom is 0.290 e. The fraction of sp³-hybridized carbons (Fsp3) is 0.316. The minimum absolute atomic E-state index is 0.137. The number of fused-ring (bicyclic) bond motifs is 1. The van der Waals surface area contributed by atoms with Crippen LogP contribution in [0, 0.1) is 0 Å². The van der Waals surface area contributed by atoms with Gasteiger partial charge in [0.1, 0.15) is 0 Å². The van der Waals surface area contributed by atoms with E-state index in [9.17, 15) is 9.59 Å². The summed E-state index contributed by atoms with van der Waals surface area (Å²) in [5.74, 6) is -1.08. The molecule has 3 aromatic rings. The van der Waals surface area contributed by atoms with E-state index in [0.717, 1.165) is 29.4 Å². The molecule has 0 radical (unpaired) electrons. The molecule has 6 heteroatoms. The lowest BCUT2D eigenvalue weighted by atomic mass is 9.91. The zero-order valence-corrected chi connectivity index (χ0v) is 14.1. The number of carbonyl (C=O) groups excluding carboxylic acids is 2. The molecule has 0 spiro atoms. The zero-order valence-electron chi connectivity index (χ0n) is 14.1. The van der Waals surface area contributed by atoms with Gasteiger partial charge in [0.25, 0.3) is 5.91 Å². The molecule has 1 saturated heterocycles. The van der Waals surface area contributed by atoms with Crippen molar-refractivity contribution >= 4 is 22.6 Å². The molecule has 1 aliphatic rings. The lowest BCUT2D eigenvalue weighted by Crippen LogP contribution is -2.34. The van der Waals surface area contributed by atoms with Gasteiger partial charge in [-0.15, -0.1) is 0 Å². The minimum Gasteiger partial charge on any atom is -0.361 e. The first-order valence-electron chi connectivity index (χ1n) is 8.53. The molecule has 0 saturated carbocycles. The predicted molar refractivity (Wildman–Crippen MR) is 94.1 cm³/mol. The number of hydrogen-bond donors (Lipinski definition) is 1. The zero-order chi connectivity index (χ0) is 17.4. The molecule has 6 nitrogen and oxygen atoms in total. The molecule has 2 unspecified atom stereocenters. The van der Waals surface area contributed by atoms with Gasteiger partial charge in [-0.05, 0) is 25.0 Å². The molecule has 25 heavy (non-hydrogen) atoms. The average molecular weight is 336 g/mol. The summed E-state index contributed by atoms with van der Waals surface area (Å²) in [7, 11) is 0. The van der Waals surface area contributed by atoms with Crippen molar-refractivity contribution in [2.24, 2.45) is 0 Å². The molecule has 128 valence electrons. The Morgan fingerprint density at radius 2 is 2.04 bits per heavy atom. The van der Waals surface area contributed by atoms with Crippen LogP contribution in [-0.4, -0.2) is 43.7 Å². The van der Waals surface area contributed by atoms with Gasteiger partial charge in [-0.2, -0.15) is 0 Å². The monoisotopic (exact) mass is 336 g/mol. The van der Waals surface area contributed by atoms with E-state index in [1.54, 1.807) is 17.4 Å². The first-order valence-corrected chi connectivity index (χ1v) is 8.53. The second-order valence-corrected chi connectivity index (χ2v) is 6.52. The fourth-order valence-corrected chi connectivity index (χ4v) is 3.76. The third-order valence-corrected chi connectivity index (χ3v) is 5.06. The number of imidazole rings is 1. The standard InChI is InChI=1S/C19H20N4O2/c1-13-17(15-11-21-16-6-3-2-5-14(15)16)18(24)19(25)23(13)9-4-8-22-10-7-20-12-22/h2-3,5-7,10-13,17,21H,4,8-9H2,1H3. The van der Waals surface area contributed by atoms with Gasteiger partial charge in [0.05, 0.1) is 12.2 Å². The first kappa shape index (κ1) is 15.6. The van der Waals surface area contributed by atoms with E-state index in [-0.39, 0.29) is 17.7 Å². The molecule has 1 aromatic carbocycles. The number of likely N-dealkylation sites (tertiary alicyclic amines) is 1. The first-order chi connectivity index (χ1) is 12.2. The number of nitrogens with one attached hydrogen (secondary N) is 1. The number of para-hydroxylation sites is 1. The molecule has 1 aliphatic heterocycles. The number of nitrogens with zero attached hydrogens (tertiary/aromatic N) is 3. The van der Waals surface area contributed by atoms with Gasteiger partial charge in [0, 0.05) is 48.6 Å². The Morgan fingerprint density at radius 1 is 1.20 bits per heavy atom. The van der Waals surface area contributed by atoms with Gasteiger partial charge >= 0.3 is 0 Å². The van der Waals surface area contributed by atoms with Crippen molar-refractivity contribution in [3.8, 4) is 0 Å². The SMILES string of the molecule is CC1C(c2c[nH]c3ccccc23)C(=O)C(=O)N1CCCn1ccnc1. The summed E-state index contributed by atoms with van der Waals surface area (Å²) < 4.78 is 1.98. The van der Waals surface area contributed by atoms with E-state index in [1.807, 2.05) is 48.1 Å². The largest absolute Gasteiger partial charge is 0.361 e. The Bertz CT molecular complexity index is 913. The average Bonchev–Trinajstić information content (AvgIpc) is 3.32. The topological polar surface area (TPSA) is 71.0 Å². The predicted octanol–water partition coefficient (Wildman–Crippen LogP) is 2.34.